The molecule has 0 spiro atoms. The van der Waals surface area contributed by atoms with E-state index in [0.29, 0.717) is 24.9 Å². The number of anilines is 1. The van der Waals surface area contributed by atoms with Crippen LogP contribution >= 0.6 is 0 Å². The first kappa shape index (κ1) is 19.0. The molecule has 1 fully saturated rings. The van der Waals surface area contributed by atoms with E-state index < -0.39 is 6.17 Å². The summed E-state index contributed by atoms with van der Waals surface area (Å²) in [6, 6.07) is 5.77. The normalized spacial score (nSPS) is 21.6. The number of fused-ring (bicyclic) bond motifs is 2. The van der Waals surface area contributed by atoms with Crippen molar-refractivity contribution in [3.05, 3.63) is 53.5 Å². The topological polar surface area (TPSA) is 73.6 Å². The van der Waals surface area contributed by atoms with Gasteiger partial charge in [0.2, 0.25) is 11.8 Å². The molecule has 2 atom stereocenters. The van der Waals surface area contributed by atoms with Gasteiger partial charge in [0.05, 0.1) is 36.5 Å². The summed E-state index contributed by atoms with van der Waals surface area (Å²) in [4.78, 5) is 9.36. The lowest BCUT2D eigenvalue weighted by molar-refractivity contribution is 0.0284. The van der Waals surface area contributed by atoms with E-state index in [-0.39, 0.29) is 12.6 Å². The molecule has 30 heavy (non-hydrogen) atoms. The molecule has 8 heteroatoms. The Labute approximate surface area is 173 Å². The summed E-state index contributed by atoms with van der Waals surface area (Å²) in [5.74, 6) is 0.916. The first-order chi connectivity index (χ1) is 14.7. The molecular formula is C22H24FN5O2. The maximum absolute atomic E-state index is 14.2. The summed E-state index contributed by atoms with van der Waals surface area (Å²) in [6.45, 7) is 0.633. The number of aryl methyl sites for hydroxylation is 1. The third-order valence-electron chi connectivity index (χ3n) is 5.69. The minimum atomic E-state index is -1.08. The van der Waals surface area contributed by atoms with E-state index in [0.717, 1.165) is 47.2 Å². The van der Waals surface area contributed by atoms with Gasteiger partial charge in [-0.1, -0.05) is 6.08 Å². The van der Waals surface area contributed by atoms with Gasteiger partial charge in [0, 0.05) is 19.0 Å². The highest BCUT2D eigenvalue weighted by Crippen LogP contribution is 2.36. The predicted molar refractivity (Wildman–Crippen MR) is 112 cm³/mol. The molecule has 7 nitrogen and oxygen atoms in total. The summed E-state index contributed by atoms with van der Waals surface area (Å²) in [5, 5.41) is 7.44. The zero-order chi connectivity index (χ0) is 20.5. The highest BCUT2D eigenvalue weighted by Gasteiger charge is 2.28. The molecule has 0 radical (unpaired) electrons. The quantitative estimate of drug-likeness (QED) is 0.712. The van der Waals surface area contributed by atoms with Crippen LogP contribution in [0.15, 0.2) is 36.7 Å². The van der Waals surface area contributed by atoms with E-state index in [4.69, 9.17) is 14.5 Å². The molecule has 156 valence electrons. The van der Waals surface area contributed by atoms with E-state index in [9.17, 15) is 4.39 Å². The van der Waals surface area contributed by atoms with Gasteiger partial charge in [-0.15, -0.1) is 0 Å². The van der Waals surface area contributed by atoms with Gasteiger partial charge in [-0.2, -0.15) is 10.1 Å². The first-order valence-electron chi connectivity index (χ1n) is 10.3. The van der Waals surface area contributed by atoms with Crippen molar-refractivity contribution >= 4 is 17.0 Å². The standard InChI is InChI=1S/C22H24FN5O2/c1-29-21-20-16(14-7-10-28-15(12-14)6-9-24-28)4-2-3-5-19(20)26-22(27-21)25-18-8-11-30-13-17(18)23/h4,6-7,9-10,12,17-18H,2-3,5,8,11,13H2,1H3,(H,25,26,27)/t17-,18?/m0/s1. The molecule has 0 aromatic carbocycles. The molecule has 1 N–H and O–H groups in total. The summed E-state index contributed by atoms with van der Waals surface area (Å²) < 4.78 is 26.9. The van der Waals surface area contributed by atoms with Crippen molar-refractivity contribution in [3.63, 3.8) is 0 Å². The van der Waals surface area contributed by atoms with Crippen LogP contribution in [0.2, 0.25) is 0 Å². The van der Waals surface area contributed by atoms with Gasteiger partial charge in [-0.3, -0.25) is 0 Å². The fraction of sp³-hybridized carbons (Fsp3) is 0.409. The van der Waals surface area contributed by atoms with Crippen molar-refractivity contribution in [1.82, 2.24) is 19.6 Å². The van der Waals surface area contributed by atoms with Crippen LogP contribution in [0.3, 0.4) is 0 Å². The van der Waals surface area contributed by atoms with Crippen LogP contribution in [0.5, 0.6) is 5.88 Å². The summed E-state index contributed by atoms with van der Waals surface area (Å²) in [6.07, 6.45) is 8.19. The molecular weight excluding hydrogens is 385 g/mol. The highest BCUT2D eigenvalue weighted by molar-refractivity contribution is 5.85. The van der Waals surface area contributed by atoms with Crippen LogP contribution in [0.4, 0.5) is 10.3 Å². The largest absolute Gasteiger partial charge is 0.480 e. The number of nitrogens with one attached hydrogen (secondary N) is 1. The molecule has 1 saturated heterocycles. The molecule has 1 unspecified atom stereocenters. The van der Waals surface area contributed by atoms with Gasteiger partial charge in [0.15, 0.2) is 0 Å². The Morgan fingerprint density at radius 3 is 3.10 bits per heavy atom. The minimum absolute atomic E-state index is 0.101. The summed E-state index contributed by atoms with van der Waals surface area (Å²) in [7, 11) is 1.61. The van der Waals surface area contributed by atoms with Gasteiger partial charge < -0.3 is 14.8 Å². The lowest BCUT2D eigenvalue weighted by atomic mass is 9.97. The average Bonchev–Trinajstić information content (AvgIpc) is 3.13. The number of ether oxygens (including phenoxy) is 2. The van der Waals surface area contributed by atoms with Crippen LogP contribution < -0.4 is 10.1 Å². The number of hydrogen-bond acceptors (Lipinski definition) is 6. The van der Waals surface area contributed by atoms with Crippen molar-refractivity contribution < 1.29 is 13.9 Å². The van der Waals surface area contributed by atoms with E-state index in [1.54, 1.807) is 13.3 Å². The molecule has 1 aliphatic carbocycles. The van der Waals surface area contributed by atoms with E-state index in [2.05, 4.69) is 27.5 Å². The fourth-order valence-corrected chi connectivity index (χ4v) is 4.15. The zero-order valence-corrected chi connectivity index (χ0v) is 16.8. The molecule has 5 rings (SSSR count). The van der Waals surface area contributed by atoms with Crippen LogP contribution in [0.1, 0.15) is 36.1 Å². The Morgan fingerprint density at radius 1 is 1.30 bits per heavy atom. The monoisotopic (exact) mass is 409 g/mol. The second kappa shape index (κ2) is 8.02. The molecule has 3 aromatic rings. The van der Waals surface area contributed by atoms with Gasteiger partial charge >= 0.3 is 0 Å². The highest BCUT2D eigenvalue weighted by atomic mass is 19.1. The van der Waals surface area contributed by atoms with Crippen molar-refractivity contribution in [2.75, 3.05) is 25.6 Å². The van der Waals surface area contributed by atoms with E-state index >= 15 is 0 Å². The number of alkyl halides is 1. The van der Waals surface area contributed by atoms with Gasteiger partial charge in [-0.05, 0) is 55.0 Å². The maximum atomic E-state index is 14.2. The fourth-order valence-electron chi connectivity index (χ4n) is 4.15. The maximum Gasteiger partial charge on any atom is 0.226 e. The lowest BCUT2D eigenvalue weighted by Gasteiger charge is -2.27. The van der Waals surface area contributed by atoms with Crippen LogP contribution in [0, 0.1) is 0 Å². The minimum Gasteiger partial charge on any atom is -0.480 e. The zero-order valence-electron chi connectivity index (χ0n) is 16.8. The van der Waals surface area contributed by atoms with Crippen LogP contribution in [0.25, 0.3) is 11.1 Å². The molecule has 0 amide bonds. The van der Waals surface area contributed by atoms with Gasteiger partial charge in [0.1, 0.15) is 6.17 Å². The van der Waals surface area contributed by atoms with Crippen LogP contribution in [-0.2, 0) is 11.2 Å². The van der Waals surface area contributed by atoms with E-state index in [1.165, 1.54) is 0 Å². The number of hydrogen-bond donors (Lipinski definition) is 1. The molecule has 0 bridgehead atoms. The Kier molecular flexibility index (Phi) is 5.08. The lowest BCUT2D eigenvalue weighted by Crippen LogP contribution is -2.39. The van der Waals surface area contributed by atoms with Crippen molar-refractivity contribution in [1.29, 1.82) is 0 Å². The number of allylic oxidation sites excluding steroid dienone is 1. The second-order valence-corrected chi connectivity index (χ2v) is 7.63. The van der Waals surface area contributed by atoms with Crippen molar-refractivity contribution in [2.45, 2.75) is 37.9 Å². The summed E-state index contributed by atoms with van der Waals surface area (Å²) in [5.41, 5.74) is 4.98. The Bertz CT molecular complexity index is 1100. The Balaban J connectivity index is 1.55. The van der Waals surface area contributed by atoms with Gasteiger partial charge in [-0.25, -0.2) is 13.9 Å². The molecule has 4 heterocycles. The molecule has 0 saturated carbocycles. The Morgan fingerprint density at radius 2 is 2.23 bits per heavy atom. The summed E-state index contributed by atoms with van der Waals surface area (Å²) >= 11 is 0. The van der Waals surface area contributed by atoms with E-state index in [1.807, 2.05) is 22.8 Å². The van der Waals surface area contributed by atoms with Crippen molar-refractivity contribution in [2.24, 2.45) is 0 Å². The van der Waals surface area contributed by atoms with Crippen LogP contribution in [-0.4, -0.2) is 52.1 Å². The number of nitrogens with zero attached hydrogens (tertiary/aromatic N) is 4. The predicted octanol–water partition coefficient (Wildman–Crippen LogP) is 3.44. The number of methoxy groups -OCH3 is 1. The SMILES string of the molecule is COc1nc(NC2CCOC[C@@H]2F)nc2c1C(c1ccn3nccc3c1)=CCCC2. The molecule has 3 aromatic heterocycles. The average molecular weight is 409 g/mol. The number of rotatable bonds is 4. The first-order valence-corrected chi connectivity index (χ1v) is 10.3. The number of pyridine rings is 1. The third-order valence-corrected chi connectivity index (χ3v) is 5.69. The number of halogens is 1. The Hall–Kier alpha value is -3.00. The van der Waals surface area contributed by atoms with Gasteiger partial charge in [0.25, 0.3) is 0 Å². The molecule has 1 aliphatic heterocycles. The second-order valence-electron chi connectivity index (χ2n) is 7.63. The van der Waals surface area contributed by atoms with Crippen molar-refractivity contribution in [3.8, 4) is 5.88 Å². The number of aromatic nitrogens is 4. The third kappa shape index (κ3) is 3.52. The smallest absolute Gasteiger partial charge is 0.226 e. The molecule has 2 aliphatic rings.